The minimum Gasteiger partial charge on any atom is -0.496 e. The molecular formula is C37H39NO7S. The molecule has 0 aromatic heterocycles. The van der Waals surface area contributed by atoms with Crippen LogP contribution in [0.1, 0.15) is 60.3 Å². The highest BCUT2D eigenvalue weighted by atomic mass is 32.2. The second-order valence-corrected chi connectivity index (χ2v) is 12.2. The third-order valence-electron chi connectivity index (χ3n) is 7.89. The van der Waals surface area contributed by atoms with Crippen molar-refractivity contribution in [2.75, 3.05) is 12.9 Å². The van der Waals surface area contributed by atoms with Crippen LogP contribution in [0.15, 0.2) is 102 Å². The number of aliphatic hydroxyl groups excluding tert-OH is 1. The van der Waals surface area contributed by atoms with Crippen LogP contribution in [0.5, 0.6) is 5.75 Å². The van der Waals surface area contributed by atoms with E-state index in [1.54, 1.807) is 18.9 Å². The van der Waals surface area contributed by atoms with Crippen molar-refractivity contribution in [1.29, 1.82) is 0 Å². The van der Waals surface area contributed by atoms with Crippen molar-refractivity contribution in [3.63, 3.8) is 0 Å². The first-order valence-electron chi connectivity index (χ1n) is 15.4. The van der Waals surface area contributed by atoms with Gasteiger partial charge in [0.25, 0.3) is 0 Å². The van der Waals surface area contributed by atoms with Crippen molar-refractivity contribution in [3.8, 4) is 16.9 Å². The number of methoxy groups -OCH3 is 1. The van der Waals surface area contributed by atoms with Gasteiger partial charge in [0.05, 0.1) is 25.9 Å². The summed E-state index contributed by atoms with van der Waals surface area (Å²) in [4.78, 5) is 24.1. The quantitative estimate of drug-likeness (QED) is 0.125. The normalized spacial score (nSPS) is 17.7. The first-order chi connectivity index (χ1) is 22.4. The molecule has 0 radical (unpaired) electrons. The van der Waals surface area contributed by atoms with Gasteiger partial charge in [0, 0.05) is 42.0 Å². The predicted octanol–water partition coefficient (Wildman–Crippen LogP) is 7.06. The monoisotopic (exact) mass is 641 g/mol. The van der Waals surface area contributed by atoms with Crippen molar-refractivity contribution in [2.45, 2.75) is 62.2 Å². The molecule has 1 fully saturated rings. The highest BCUT2D eigenvalue weighted by molar-refractivity contribution is 7.99. The summed E-state index contributed by atoms with van der Waals surface area (Å²) in [6, 6.07) is 31.8. The molecular weight excluding hydrogens is 602 g/mol. The number of carbonyl (C=O) groups is 2. The largest absolute Gasteiger partial charge is 0.496 e. The number of hydrogen-bond acceptors (Lipinski definition) is 7. The lowest BCUT2D eigenvalue weighted by Crippen LogP contribution is -2.31. The van der Waals surface area contributed by atoms with Gasteiger partial charge in [0.15, 0.2) is 6.29 Å². The van der Waals surface area contributed by atoms with Gasteiger partial charge in [0.2, 0.25) is 5.91 Å². The van der Waals surface area contributed by atoms with Crippen LogP contribution in [-0.2, 0) is 32.2 Å². The molecule has 4 aromatic rings. The molecule has 240 valence electrons. The topological polar surface area (TPSA) is 114 Å². The zero-order chi connectivity index (χ0) is 32.3. The predicted molar refractivity (Wildman–Crippen MR) is 177 cm³/mol. The summed E-state index contributed by atoms with van der Waals surface area (Å²) in [6.45, 7) is 0.339. The minimum absolute atomic E-state index is 0.00957. The lowest BCUT2D eigenvalue weighted by atomic mass is 9.97. The van der Waals surface area contributed by atoms with E-state index in [-0.39, 0.29) is 37.6 Å². The number of para-hydroxylation sites is 1. The van der Waals surface area contributed by atoms with Crippen LogP contribution in [0.2, 0.25) is 0 Å². The number of amides is 1. The number of hydrogen-bond donors (Lipinski definition) is 3. The number of benzene rings is 4. The van der Waals surface area contributed by atoms with E-state index in [9.17, 15) is 14.7 Å². The lowest BCUT2D eigenvalue weighted by Gasteiger charge is -2.36. The van der Waals surface area contributed by atoms with Gasteiger partial charge in [-0.25, -0.2) is 0 Å². The average Bonchev–Trinajstić information content (AvgIpc) is 3.10. The van der Waals surface area contributed by atoms with Gasteiger partial charge >= 0.3 is 5.97 Å². The second kappa shape index (κ2) is 16.4. The zero-order valence-corrected chi connectivity index (χ0v) is 26.6. The summed E-state index contributed by atoms with van der Waals surface area (Å²) < 4.78 is 18.6. The van der Waals surface area contributed by atoms with Crippen molar-refractivity contribution >= 4 is 23.6 Å². The maximum atomic E-state index is 12.3. The number of carbonyl (C=O) groups excluding carboxylic acids is 1. The molecule has 1 amide bonds. The van der Waals surface area contributed by atoms with Gasteiger partial charge in [-0.3, -0.25) is 9.59 Å². The molecule has 5 rings (SSSR count). The molecule has 1 heterocycles. The Kier molecular flexibility index (Phi) is 11.9. The fourth-order valence-corrected chi connectivity index (χ4v) is 6.45. The number of aliphatic carboxylic acids is 1. The van der Waals surface area contributed by atoms with Crippen LogP contribution in [0.4, 0.5) is 0 Å². The number of carboxylic acid groups (broad SMARTS) is 1. The van der Waals surface area contributed by atoms with E-state index in [0.717, 1.165) is 49.8 Å². The van der Waals surface area contributed by atoms with Crippen LogP contribution in [0.25, 0.3) is 11.1 Å². The van der Waals surface area contributed by atoms with Crippen LogP contribution >= 0.6 is 11.8 Å². The molecule has 4 aromatic carbocycles. The zero-order valence-electron chi connectivity index (χ0n) is 25.8. The maximum Gasteiger partial charge on any atom is 0.303 e. The van der Waals surface area contributed by atoms with E-state index >= 15 is 0 Å². The molecule has 3 N–H and O–H groups in total. The minimum atomic E-state index is -0.903. The van der Waals surface area contributed by atoms with Crippen molar-refractivity contribution in [1.82, 2.24) is 5.32 Å². The van der Waals surface area contributed by atoms with E-state index in [0.29, 0.717) is 19.4 Å². The standard InChI is InChI=1S/C37H39NO7S/c1-43-32-9-4-5-10-34(32)46-24-30-21-33(27-15-13-25(23-39)14-16-27)45-37(44-30)28-19-17-26(18-20-28)31-8-3-2-7-29(31)22-38-35(40)11-6-12-36(41)42/h2-5,7-10,13-20,30,33,37,39H,6,11-12,21-24H2,1H3,(H,38,40)(H,41,42)/t30-,33+,37+/m1/s1. The highest BCUT2D eigenvalue weighted by Gasteiger charge is 2.32. The summed E-state index contributed by atoms with van der Waals surface area (Å²) in [5, 5.41) is 21.2. The van der Waals surface area contributed by atoms with E-state index in [2.05, 4.69) is 5.32 Å². The molecule has 0 aliphatic carbocycles. The molecule has 0 saturated carbocycles. The van der Waals surface area contributed by atoms with Gasteiger partial charge in [0.1, 0.15) is 5.75 Å². The Morgan fingerprint density at radius 3 is 2.35 bits per heavy atom. The van der Waals surface area contributed by atoms with Gasteiger partial charge in [-0.2, -0.15) is 0 Å². The Morgan fingerprint density at radius 1 is 0.891 bits per heavy atom. The third kappa shape index (κ3) is 8.98. The summed E-state index contributed by atoms with van der Waals surface area (Å²) in [5.74, 6) is 0.483. The Hall–Kier alpha value is -4.15. The number of carboxylic acids is 1. The Bertz CT molecular complexity index is 1590. The first kappa shape index (κ1) is 33.2. The van der Waals surface area contributed by atoms with E-state index in [1.165, 1.54) is 0 Å². The van der Waals surface area contributed by atoms with Gasteiger partial charge in [-0.15, -0.1) is 11.8 Å². The maximum absolute atomic E-state index is 12.3. The number of thioether (sulfide) groups is 1. The van der Waals surface area contributed by atoms with Crippen LogP contribution in [0.3, 0.4) is 0 Å². The third-order valence-corrected chi connectivity index (χ3v) is 9.08. The molecule has 0 bridgehead atoms. The molecule has 1 saturated heterocycles. The molecule has 9 heteroatoms. The van der Waals surface area contributed by atoms with Gasteiger partial charge in [-0.1, -0.05) is 84.9 Å². The van der Waals surface area contributed by atoms with Gasteiger partial charge < -0.3 is 29.7 Å². The molecule has 3 atom stereocenters. The Balaban J connectivity index is 1.30. The molecule has 0 spiro atoms. The van der Waals surface area contributed by atoms with Gasteiger partial charge in [-0.05, 0) is 46.4 Å². The number of nitrogens with one attached hydrogen (secondary N) is 1. The molecule has 1 aliphatic rings. The van der Waals surface area contributed by atoms with Crippen molar-refractivity contribution in [2.24, 2.45) is 0 Å². The Labute approximate surface area is 273 Å². The summed E-state index contributed by atoms with van der Waals surface area (Å²) in [7, 11) is 1.68. The second-order valence-electron chi connectivity index (χ2n) is 11.1. The SMILES string of the molecule is COc1ccccc1SC[C@H]1C[C@@H](c2ccc(CO)cc2)O[C@@H](c2ccc(-c3ccccc3CNC(=O)CCCC(=O)O)cc2)O1. The van der Waals surface area contributed by atoms with Crippen LogP contribution in [-0.4, -0.2) is 41.1 Å². The number of aliphatic hydroxyl groups is 1. The fourth-order valence-electron chi connectivity index (χ4n) is 5.40. The number of ether oxygens (including phenoxy) is 3. The summed E-state index contributed by atoms with van der Waals surface area (Å²) in [5.41, 5.74) is 5.74. The first-order valence-corrected chi connectivity index (χ1v) is 16.3. The van der Waals surface area contributed by atoms with Crippen LogP contribution < -0.4 is 10.1 Å². The lowest BCUT2D eigenvalue weighted by molar-refractivity contribution is -0.245. The molecule has 46 heavy (non-hydrogen) atoms. The summed E-state index contributed by atoms with van der Waals surface area (Å²) in [6.07, 6.45) is 0.298. The van der Waals surface area contributed by atoms with E-state index < -0.39 is 12.3 Å². The van der Waals surface area contributed by atoms with Crippen molar-refractivity contribution < 1.29 is 34.0 Å². The van der Waals surface area contributed by atoms with E-state index in [1.807, 2.05) is 97.1 Å². The molecule has 1 aliphatic heterocycles. The molecule has 0 unspecified atom stereocenters. The molecule has 8 nitrogen and oxygen atoms in total. The highest BCUT2D eigenvalue weighted by Crippen LogP contribution is 2.41. The average molecular weight is 642 g/mol. The van der Waals surface area contributed by atoms with Crippen molar-refractivity contribution in [3.05, 3.63) is 119 Å². The number of rotatable bonds is 14. The van der Waals surface area contributed by atoms with E-state index in [4.69, 9.17) is 19.3 Å². The Morgan fingerprint density at radius 2 is 1.61 bits per heavy atom. The fraction of sp³-hybridized carbons (Fsp3) is 0.297. The smallest absolute Gasteiger partial charge is 0.303 e. The van der Waals surface area contributed by atoms with Crippen LogP contribution in [0, 0.1) is 0 Å². The summed E-state index contributed by atoms with van der Waals surface area (Å²) >= 11 is 1.70.